The lowest BCUT2D eigenvalue weighted by Crippen LogP contribution is -2.31. The monoisotopic (exact) mass is 407 g/mol. The number of fused-ring (bicyclic) bond motifs is 1. The first kappa shape index (κ1) is 19.7. The number of amides is 2. The van der Waals surface area contributed by atoms with Gasteiger partial charge in [0, 0.05) is 5.56 Å². The Morgan fingerprint density at radius 1 is 0.933 bits per heavy atom. The molecule has 30 heavy (non-hydrogen) atoms. The number of anilines is 1. The molecule has 1 saturated heterocycles. The van der Waals surface area contributed by atoms with Crippen LogP contribution < -0.4 is 4.90 Å². The fourth-order valence-electron chi connectivity index (χ4n) is 3.76. The third-order valence-corrected chi connectivity index (χ3v) is 5.35. The van der Waals surface area contributed by atoms with Crippen molar-refractivity contribution in [2.24, 2.45) is 11.8 Å². The summed E-state index contributed by atoms with van der Waals surface area (Å²) in [5.41, 5.74) is 0.647. The molecule has 0 saturated carbocycles. The van der Waals surface area contributed by atoms with Crippen molar-refractivity contribution in [3.8, 4) is 0 Å². The Morgan fingerprint density at radius 3 is 2.20 bits per heavy atom. The normalized spacial score (nSPS) is 20.2. The average Bonchev–Trinajstić information content (AvgIpc) is 3.03. The SMILES string of the molecule is O=C(COC(=O)c1cccc(N2C(=O)C3CC=CCC3C2=O)c1)c1ccc(F)cc1. The number of carbonyl (C=O) groups is 4. The van der Waals surface area contributed by atoms with Gasteiger partial charge in [-0.25, -0.2) is 9.18 Å². The van der Waals surface area contributed by atoms with E-state index >= 15 is 0 Å². The van der Waals surface area contributed by atoms with Gasteiger partial charge in [0.25, 0.3) is 0 Å². The Hall–Kier alpha value is -3.61. The van der Waals surface area contributed by atoms with E-state index < -0.39 is 24.2 Å². The summed E-state index contributed by atoms with van der Waals surface area (Å²) in [4.78, 5) is 51.0. The Morgan fingerprint density at radius 2 is 1.57 bits per heavy atom. The van der Waals surface area contributed by atoms with E-state index in [0.717, 1.165) is 17.0 Å². The van der Waals surface area contributed by atoms with Crippen LogP contribution >= 0.6 is 0 Å². The van der Waals surface area contributed by atoms with Crippen LogP contribution in [0.25, 0.3) is 0 Å². The second-order valence-corrected chi connectivity index (χ2v) is 7.22. The molecule has 0 N–H and O–H groups in total. The number of benzene rings is 2. The summed E-state index contributed by atoms with van der Waals surface area (Å²) in [5, 5.41) is 0. The first-order chi connectivity index (χ1) is 14.5. The molecule has 1 fully saturated rings. The van der Waals surface area contributed by atoms with E-state index in [0.29, 0.717) is 18.5 Å². The van der Waals surface area contributed by atoms with Crippen LogP contribution in [0.4, 0.5) is 10.1 Å². The standard InChI is InChI=1S/C23H18FNO5/c24-16-10-8-14(9-11-16)20(26)13-30-23(29)15-4-3-5-17(12-15)25-21(27)18-6-1-2-7-19(18)22(25)28/h1-5,8-12,18-19H,6-7,13H2. The number of hydrogen-bond acceptors (Lipinski definition) is 5. The molecule has 152 valence electrons. The van der Waals surface area contributed by atoms with Crippen molar-refractivity contribution in [2.75, 3.05) is 11.5 Å². The van der Waals surface area contributed by atoms with E-state index in [2.05, 4.69) is 0 Å². The van der Waals surface area contributed by atoms with Gasteiger partial charge in [-0.05, 0) is 55.3 Å². The fraction of sp³-hybridized carbons (Fsp3) is 0.217. The molecule has 0 bridgehead atoms. The van der Waals surface area contributed by atoms with E-state index in [9.17, 15) is 23.6 Å². The van der Waals surface area contributed by atoms with Gasteiger partial charge in [0.05, 0.1) is 23.1 Å². The van der Waals surface area contributed by atoms with Crippen molar-refractivity contribution < 1.29 is 28.3 Å². The molecular formula is C23H18FNO5. The molecule has 6 nitrogen and oxygen atoms in total. The Labute approximate surface area is 171 Å². The zero-order valence-electron chi connectivity index (χ0n) is 15.9. The highest BCUT2D eigenvalue weighted by Gasteiger charge is 2.47. The summed E-state index contributed by atoms with van der Waals surface area (Å²) in [7, 11) is 0. The fourth-order valence-corrected chi connectivity index (χ4v) is 3.76. The number of allylic oxidation sites excluding steroid dienone is 2. The zero-order valence-corrected chi connectivity index (χ0v) is 15.9. The van der Waals surface area contributed by atoms with Crippen LogP contribution in [0.15, 0.2) is 60.7 Å². The first-order valence-electron chi connectivity index (χ1n) is 9.54. The van der Waals surface area contributed by atoms with Crippen molar-refractivity contribution in [3.63, 3.8) is 0 Å². The number of imide groups is 1. The Kier molecular flexibility index (Phi) is 5.27. The minimum absolute atomic E-state index is 0.119. The van der Waals surface area contributed by atoms with Crippen LogP contribution in [-0.4, -0.2) is 30.2 Å². The molecule has 2 aromatic carbocycles. The maximum absolute atomic E-state index is 13.0. The molecule has 1 aliphatic carbocycles. The molecule has 0 aromatic heterocycles. The van der Waals surface area contributed by atoms with Crippen molar-refractivity contribution >= 4 is 29.3 Å². The van der Waals surface area contributed by atoms with Gasteiger partial charge >= 0.3 is 5.97 Å². The summed E-state index contributed by atoms with van der Waals surface area (Å²) in [5.74, 6) is -2.98. The van der Waals surface area contributed by atoms with Gasteiger partial charge in [-0.15, -0.1) is 0 Å². The second-order valence-electron chi connectivity index (χ2n) is 7.22. The number of carbonyl (C=O) groups excluding carboxylic acids is 4. The van der Waals surface area contributed by atoms with Crippen LogP contribution in [0.2, 0.25) is 0 Å². The molecular weight excluding hydrogens is 389 g/mol. The van der Waals surface area contributed by atoms with Crippen molar-refractivity contribution in [2.45, 2.75) is 12.8 Å². The van der Waals surface area contributed by atoms with Crippen molar-refractivity contribution in [1.29, 1.82) is 0 Å². The first-order valence-corrected chi connectivity index (χ1v) is 9.54. The number of ketones is 1. The summed E-state index contributed by atoms with van der Waals surface area (Å²) < 4.78 is 18.0. The second kappa shape index (κ2) is 8.02. The Bertz CT molecular complexity index is 1030. The number of Topliss-reactive ketones (excluding diaryl/α,β-unsaturated/α-hetero) is 1. The molecule has 0 spiro atoms. The number of ether oxygens (including phenoxy) is 1. The van der Waals surface area contributed by atoms with Crippen LogP contribution in [0.1, 0.15) is 33.6 Å². The van der Waals surface area contributed by atoms with Gasteiger partial charge in [-0.3, -0.25) is 19.3 Å². The van der Waals surface area contributed by atoms with E-state index in [-0.39, 0.29) is 34.8 Å². The highest BCUT2D eigenvalue weighted by molar-refractivity contribution is 6.22. The number of halogens is 1. The molecule has 2 atom stereocenters. The van der Waals surface area contributed by atoms with Gasteiger partial charge in [-0.1, -0.05) is 18.2 Å². The largest absolute Gasteiger partial charge is 0.454 e. The quantitative estimate of drug-likeness (QED) is 0.329. The van der Waals surface area contributed by atoms with Crippen molar-refractivity contribution in [1.82, 2.24) is 0 Å². The lowest BCUT2D eigenvalue weighted by Gasteiger charge is -2.15. The third kappa shape index (κ3) is 3.66. The third-order valence-electron chi connectivity index (χ3n) is 5.35. The van der Waals surface area contributed by atoms with Gasteiger partial charge < -0.3 is 4.74 Å². The van der Waals surface area contributed by atoms with Crippen LogP contribution in [0.3, 0.4) is 0 Å². The Balaban J connectivity index is 1.46. The van der Waals surface area contributed by atoms with Crippen molar-refractivity contribution in [3.05, 3.63) is 77.6 Å². The highest BCUT2D eigenvalue weighted by atomic mass is 19.1. The number of rotatable bonds is 5. The maximum atomic E-state index is 13.0. The van der Waals surface area contributed by atoms with Gasteiger partial charge in [0.15, 0.2) is 12.4 Å². The summed E-state index contributed by atoms with van der Waals surface area (Å²) >= 11 is 0. The molecule has 0 radical (unpaired) electrons. The number of hydrogen-bond donors (Lipinski definition) is 0. The lowest BCUT2D eigenvalue weighted by molar-refractivity contribution is -0.122. The summed E-state index contributed by atoms with van der Waals surface area (Å²) in [6.45, 7) is -0.508. The zero-order chi connectivity index (χ0) is 21.3. The maximum Gasteiger partial charge on any atom is 0.338 e. The molecule has 1 aliphatic heterocycles. The number of nitrogens with zero attached hydrogens (tertiary/aromatic N) is 1. The minimum Gasteiger partial charge on any atom is -0.454 e. The average molecular weight is 407 g/mol. The van der Waals surface area contributed by atoms with E-state index in [1.54, 1.807) is 12.1 Å². The molecule has 2 amide bonds. The van der Waals surface area contributed by atoms with Gasteiger partial charge in [0.1, 0.15) is 5.82 Å². The molecule has 1 heterocycles. The minimum atomic E-state index is -0.759. The van der Waals surface area contributed by atoms with E-state index in [1.165, 1.54) is 24.3 Å². The lowest BCUT2D eigenvalue weighted by atomic mass is 9.85. The number of esters is 1. The summed E-state index contributed by atoms with van der Waals surface area (Å²) in [6, 6.07) is 10.9. The smallest absolute Gasteiger partial charge is 0.338 e. The van der Waals surface area contributed by atoms with E-state index in [4.69, 9.17) is 4.74 Å². The predicted octanol–water partition coefficient (Wildman–Crippen LogP) is 3.32. The topological polar surface area (TPSA) is 80.8 Å². The van der Waals surface area contributed by atoms with Crippen LogP contribution in [0.5, 0.6) is 0 Å². The van der Waals surface area contributed by atoms with E-state index in [1.807, 2.05) is 12.2 Å². The molecule has 2 aromatic rings. The molecule has 7 heteroatoms. The summed E-state index contributed by atoms with van der Waals surface area (Å²) in [6.07, 6.45) is 4.86. The molecule has 4 rings (SSSR count). The van der Waals surface area contributed by atoms with Gasteiger partial charge in [0.2, 0.25) is 11.8 Å². The molecule has 2 aliphatic rings. The highest BCUT2D eigenvalue weighted by Crippen LogP contribution is 2.37. The van der Waals surface area contributed by atoms with Crippen LogP contribution in [-0.2, 0) is 14.3 Å². The molecule has 2 unspecified atom stereocenters. The van der Waals surface area contributed by atoms with Gasteiger partial charge in [-0.2, -0.15) is 0 Å². The van der Waals surface area contributed by atoms with Crippen LogP contribution in [0, 0.1) is 17.7 Å². The predicted molar refractivity (Wildman–Crippen MR) is 105 cm³/mol.